The molecule has 0 N–H and O–H groups in total. The van der Waals surface area contributed by atoms with Gasteiger partial charge in [-0.3, -0.25) is 0 Å². The standard InChI is InChI=1S/C13H17N.ClH/c1-4-5-6-7-12-8-10-13(11-9-12)14(2)3;/h4-6,8-11H,1,7H2,2-3H3;1H. The Morgan fingerprint density at radius 2 is 1.80 bits per heavy atom. The van der Waals surface area contributed by atoms with Gasteiger partial charge in [0.05, 0.1) is 0 Å². The number of halogens is 1. The zero-order valence-electron chi connectivity index (χ0n) is 9.31. The summed E-state index contributed by atoms with van der Waals surface area (Å²) in [5.74, 6) is 0. The van der Waals surface area contributed by atoms with E-state index in [2.05, 4.69) is 41.8 Å². The van der Waals surface area contributed by atoms with Crippen molar-refractivity contribution in [3.8, 4) is 0 Å². The number of rotatable bonds is 4. The van der Waals surface area contributed by atoms with E-state index in [9.17, 15) is 0 Å². The Hall–Kier alpha value is -1.21. The lowest BCUT2D eigenvalue weighted by atomic mass is 10.1. The minimum absolute atomic E-state index is 0. The van der Waals surface area contributed by atoms with E-state index in [4.69, 9.17) is 0 Å². The van der Waals surface area contributed by atoms with Crippen molar-refractivity contribution in [2.45, 2.75) is 6.42 Å². The van der Waals surface area contributed by atoms with Crippen LogP contribution in [0.1, 0.15) is 5.56 Å². The van der Waals surface area contributed by atoms with Gasteiger partial charge in [-0.25, -0.2) is 0 Å². The minimum atomic E-state index is 0. The summed E-state index contributed by atoms with van der Waals surface area (Å²) in [7, 11) is 4.10. The lowest BCUT2D eigenvalue weighted by Gasteiger charge is -2.12. The van der Waals surface area contributed by atoms with Gasteiger partial charge in [0, 0.05) is 19.8 Å². The number of nitrogens with zero attached hydrogens (tertiary/aromatic N) is 1. The molecule has 0 heterocycles. The highest BCUT2D eigenvalue weighted by Gasteiger charge is 1.93. The van der Waals surface area contributed by atoms with Crippen molar-refractivity contribution < 1.29 is 0 Å². The van der Waals surface area contributed by atoms with Gasteiger partial charge < -0.3 is 4.90 Å². The maximum atomic E-state index is 3.64. The second kappa shape index (κ2) is 7.13. The van der Waals surface area contributed by atoms with Crippen LogP contribution in [0.5, 0.6) is 0 Å². The summed E-state index contributed by atoms with van der Waals surface area (Å²) in [4.78, 5) is 2.10. The van der Waals surface area contributed by atoms with Crippen LogP contribution in [0.25, 0.3) is 0 Å². The van der Waals surface area contributed by atoms with Crippen LogP contribution in [0.15, 0.2) is 49.1 Å². The zero-order chi connectivity index (χ0) is 10.4. The summed E-state index contributed by atoms with van der Waals surface area (Å²) in [5, 5.41) is 0. The topological polar surface area (TPSA) is 3.24 Å². The molecule has 0 radical (unpaired) electrons. The minimum Gasteiger partial charge on any atom is -0.378 e. The lowest BCUT2D eigenvalue weighted by molar-refractivity contribution is 1.12. The van der Waals surface area contributed by atoms with E-state index in [-0.39, 0.29) is 12.4 Å². The predicted molar refractivity (Wildman–Crippen MR) is 71.1 cm³/mol. The van der Waals surface area contributed by atoms with Gasteiger partial charge in [-0.2, -0.15) is 0 Å². The van der Waals surface area contributed by atoms with Gasteiger partial charge in [-0.05, 0) is 24.1 Å². The monoisotopic (exact) mass is 223 g/mol. The molecule has 1 aromatic rings. The van der Waals surface area contributed by atoms with Crippen molar-refractivity contribution in [3.05, 3.63) is 54.6 Å². The molecule has 0 aliphatic rings. The van der Waals surface area contributed by atoms with E-state index in [1.807, 2.05) is 20.2 Å². The number of hydrogen-bond donors (Lipinski definition) is 0. The molecule has 0 aliphatic heterocycles. The number of anilines is 1. The first-order chi connectivity index (χ1) is 6.74. The first-order valence-corrected chi connectivity index (χ1v) is 4.78. The molecule has 0 atom stereocenters. The van der Waals surface area contributed by atoms with Crippen molar-refractivity contribution in [1.82, 2.24) is 0 Å². The van der Waals surface area contributed by atoms with Gasteiger partial charge in [0.15, 0.2) is 0 Å². The van der Waals surface area contributed by atoms with Crippen molar-refractivity contribution in [3.63, 3.8) is 0 Å². The third-order valence-corrected chi connectivity index (χ3v) is 2.08. The highest BCUT2D eigenvalue weighted by molar-refractivity contribution is 5.85. The summed E-state index contributed by atoms with van der Waals surface area (Å²) >= 11 is 0. The molecule has 82 valence electrons. The van der Waals surface area contributed by atoms with Crippen LogP contribution < -0.4 is 4.90 Å². The average molecular weight is 224 g/mol. The molecule has 2 heteroatoms. The fraction of sp³-hybridized carbons (Fsp3) is 0.231. The molecule has 1 aromatic carbocycles. The van der Waals surface area contributed by atoms with Crippen molar-refractivity contribution in [2.24, 2.45) is 0 Å². The number of allylic oxidation sites excluding steroid dienone is 3. The Bertz CT molecular complexity index is 312. The second-order valence-corrected chi connectivity index (χ2v) is 3.43. The van der Waals surface area contributed by atoms with Gasteiger partial charge in [-0.1, -0.05) is 36.9 Å². The van der Waals surface area contributed by atoms with Gasteiger partial charge in [0.2, 0.25) is 0 Å². The van der Waals surface area contributed by atoms with E-state index < -0.39 is 0 Å². The lowest BCUT2D eigenvalue weighted by Crippen LogP contribution is -2.08. The summed E-state index contributed by atoms with van der Waals surface area (Å²) in [6.45, 7) is 3.64. The maximum Gasteiger partial charge on any atom is 0.0361 e. The van der Waals surface area contributed by atoms with E-state index in [0.717, 1.165) is 6.42 Å². The fourth-order valence-electron chi connectivity index (χ4n) is 1.23. The largest absolute Gasteiger partial charge is 0.378 e. The smallest absolute Gasteiger partial charge is 0.0361 e. The van der Waals surface area contributed by atoms with Crippen LogP contribution in [0.2, 0.25) is 0 Å². The van der Waals surface area contributed by atoms with Crippen LogP contribution in [-0.4, -0.2) is 14.1 Å². The van der Waals surface area contributed by atoms with Gasteiger partial charge >= 0.3 is 0 Å². The van der Waals surface area contributed by atoms with Crippen LogP contribution in [0.4, 0.5) is 5.69 Å². The molecule has 0 unspecified atom stereocenters. The molecular formula is C13H18ClN. The Morgan fingerprint density at radius 1 is 1.20 bits per heavy atom. The van der Waals surface area contributed by atoms with Crippen LogP contribution >= 0.6 is 12.4 Å². The molecule has 0 spiro atoms. The molecule has 0 saturated heterocycles. The number of benzene rings is 1. The molecule has 0 bridgehead atoms. The highest BCUT2D eigenvalue weighted by Crippen LogP contribution is 2.12. The Kier molecular flexibility index (Phi) is 6.56. The normalized spacial score (nSPS) is 9.73. The molecule has 0 fully saturated rings. The molecule has 15 heavy (non-hydrogen) atoms. The SMILES string of the molecule is C=CC=CCc1ccc(N(C)C)cc1.Cl. The third kappa shape index (κ3) is 4.71. The zero-order valence-corrected chi connectivity index (χ0v) is 10.1. The molecule has 0 saturated carbocycles. The summed E-state index contributed by atoms with van der Waals surface area (Å²) < 4.78 is 0. The summed E-state index contributed by atoms with van der Waals surface area (Å²) in [6, 6.07) is 8.58. The molecule has 1 nitrogen and oxygen atoms in total. The molecular weight excluding hydrogens is 206 g/mol. The predicted octanol–water partition coefficient (Wildman–Crippen LogP) is 3.46. The second-order valence-electron chi connectivity index (χ2n) is 3.43. The molecule has 0 amide bonds. The van der Waals surface area contributed by atoms with Crippen molar-refractivity contribution >= 4 is 18.1 Å². The number of hydrogen-bond acceptors (Lipinski definition) is 1. The first kappa shape index (κ1) is 13.8. The van der Waals surface area contributed by atoms with Gasteiger partial charge in [-0.15, -0.1) is 12.4 Å². The van der Waals surface area contributed by atoms with E-state index >= 15 is 0 Å². The molecule has 1 rings (SSSR count). The third-order valence-electron chi connectivity index (χ3n) is 2.08. The van der Waals surface area contributed by atoms with Crippen LogP contribution in [0, 0.1) is 0 Å². The van der Waals surface area contributed by atoms with E-state index in [0.29, 0.717) is 0 Å². The molecule has 0 aliphatic carbocycles. The maximum absolute atomic E-state index is 3.64. The van der Waals surface area contributed by atoms with E-state index in [1.165, 1.54) is 11.3 Å². The fourth-order valence-corrected chi connectivity index (χ4v) is 1.23. The first-order valence-electron chi connectivity index (χ1n) is 4.78. The van der Waals surface area contributed by atoms with Crippen LogP contribution in [-0.2, 0) is 6.42 Å². The summed E-state index contributed by atoms with van der Waals surface area (Å²) in [6.07, 6.45) is 6.85. The Labute approximate surface area is 98.5 Å². The molecule has 0 aromatic heterocycles. The Balaban J connectivity index is 0.00000196. The van der Waals surface area contributed by atoms with Gasteiger partial charge in [0.1, 0.15) is 0 Å². The summed E-state index contributed by atoms with van der Waals surface area (Å²) in [5.41, 5.74) is 2.56. The quantitative estimate of drug-likeness (QED) is 0.707. The van der Waals surface area contributed by atoms with Crippen LogP contribution in [0.3, 0.4) is 0 Å². The van der Waals surface area contributed by atoms with Crippen molar-refractivity contribution in [2.75, 3.05) is 19.0 Å². The average Bonchev–Trinajstić information content (AvgIpc) is 2.19. The van der Waals surface area contributed by atoms with Crippen molar-refractivity contribution in [1.29, 1.82) is 0 Å². The Morgan fingerprint density at radius 3 is 2.27 bits per heavy atom. The van der Waals surface area contributed by atoms with E-state index in [1.54, 1.807) is 6.08 Å². The van der Waals surface area contributed by atoms with Gasteiger partial charge in [0.25, 0.3) is 0 Å². The highest BCUT2D eigenvalue weighted by atomic mass is 35.5.